The van der Waals surface area contributed by atoms with Gasteiger partial charge in [0.15, 0.2) is 5.78 Å². The maximum absolute atomic E-state index is 13.3. The smallest absolute Gasteiger partial charge is 0.265 e. The van der Waals surface area contributed by atoms with Gasteiger partial charge in [-0.3, -0.25) is 14.4 Å². The average Bonchev–Trinajstić information content (AvgIpc) is 3.30. The topological polar surface area (TPSA) is 91.4 Å². The van der Waals surface area contributed by atoms with Crippen LogP contribution in [0.15, 0.2) is 60.4 Å². The van der Waals surface area contributed by atoms with Crippen molar-refractivity contribution in [2.24, 2.45) is 0 Å². The largest absolute Gasteiger partial charge is 0.342 e. The van der Waals surface area contributed by atoms with E-state index >= 15 is 0 Å². The number of nitrogens with one attached hydrogen (secondary N) is 2. The lowest BCUT2D eigenvalue weighted by Gasteiger charge is -2.16. The second-order valence-corrected chi connectivity index (χ2v) is 12.1. The van der Waals surface area contributed by atoms with Gasteiger partial charge in [0, 0.05) is 36.8 Å². The van der Waals surface area contributed by atoms with Gasteiger partial charge in [0.25, 0.3) is 11.8 Å². The number of allylic oxidation sites excluding steroid dienone is 4. The summed E-state index contributed by atoms with van der Waals surface area (Å²) >= 11 is 1.61. The minimum Gasteiger partial charge on any atom is -0.342 e. The molecule has 3 aromatic rings. The third-order valence-electron chi connectivity index (χ3n) is 7.77. The maximum Gasteiger partial charge on any atom is 0.265 e. The van der Waals surface area contributed by atoms with E-state index < -0.39 is 0 Å². The third kappa shape index (κ3) is 7.87. The first-order valence-electron chi connectivity index (χ1n) is 15.2. The number of nitrogens with zero attached hydrogens (tertiary/aromatic N) is 2. The molecule has 2 N–H and O–H groups in total. The fourth-order valence-electron chi connectivity index (χ4n) is 5.29. The van der Waals surface area contributed by atoms with Gasteiger partial charge in [0.1, 0.15) is 5.82 Å². The molecule has 0 radical (unpaired) electrons. The van der Waals surface area contributed by atoms with Crippen molar-refractivity contribution >= 4 is 46.0 Å². The molecule has 0 unspecified atom stereocenters. The van der Waals surface area contributed by atoms with Crippen LogP contribution in [-0.4, -0.2) is 41.1 Å². The zero-order valence-corrected chi connectivity index (χ0v) is 26.7. The molecular formula is C35H42N4O3S. The van der Waals surface area contributed by atoms with Crippen molar-refractivity contribution in [1.29, 1.82) is 0 Å². The molecule has 0 fully saturated rings. The van der Waals surface area contributed by atoms with E-state index in [1.807, 2.05) is 58.0 Å². The molecule has 0 spiro atoms. The van der Waals surface area contributed by atoms with E-state index in [1.165, 1.54) is 35.9 Å². The number of pyridine rings is 1. The minimum atomic E-state index is -0.0895. The number of benzene rings is 1. The summed E-state index contributed by atoms with van der Waals surface area (Å²) in [5.74, 6) is 0.233. The molecule has 0 bridgehead atoms. The van der Waals surface area contributed by atoms with Crippen molar-refractivity contribution in [1.82, 2.24) is 9.88 Å². The van der Waals surface area contributed by atoms with Gasteiger partial charge in [0.05, 0.1) is 16.1 Å². The van der Waals surface area contributed by atoms with Crippen LogP contribution in [0.3, 0.4) is 0 Å². The Labute approximate surface area is 259 Å². The highest BCUT2D eigenvalue weighted by Crippen LogP contribution is 2.31. The van der Waals surface area contributed by atoms with Gasteiger partial charge in [-0.25, -0.2) is 4.98 Å². The summed E-state index contributed by atoms with van der Waals surface area (Å²) in [4.78, 5) is 47.0. The Kier molecular flexibility index (Phi) is 11.1. The zero-order valence-electron chi connectivity index (χ0n) is 25.9. The predicted octanol–water partition coefficient (Wildman–Crippen LogP) is 7.83. The van der Waals surface area contributed by atoms with Crippen molar-refractivity contribution in [3.05, 3.63) is 92.5 Å². The molecule has 8 heteroatoms. The lowest BCUT2D eigenvalue weighted by molar-refractivity contribution is -0.115. The molecule has 1 aliphatic carbocycles. The molecule has 2 amide bonds. The van der Waals surface area contributed by atoms with E-state index in [0.717, 1.165) is 46.5 Å². The fourth-order valence-corrected chi connectivity index (χ4v) is 6.43. The second kappa shape index (κ2) is 14.9. The van der Waals surface area contributed by atoms with Crippen LogP contribution in [0, 0.1) is 6.92 Å². The summed E-state index contributed by atoms with van der Waals surface area (Å²) in [6.07, 6.45) is 12.2. The molecule has 0 saturated carbocycles. The van der Waals surface area contributed by atoms with Crippen LogP contribution in [-0.2, 0) is 17.6 Å². The van der Waals surface area contributed by atoms with Gasteiger partial charge in [-0.05, 0) is 98.6 Å². The van der Waals surface area contributed by atoms with Gasteiger partial charge in [-0.1, -0.05) is 38.5 Å². The minimum absolute atomic E-state index is 0.0662. The van der Waals surface area contributed by atoms with Crippen molar-refractivity contribution in [2.75, 3.05) is 24.2 Å². The summed E-state index contributed by atoms with van der Waals surface area (Å²) in [5, 5.41) is 6.29. The number of thiophene rings is 1. The molecule has 0 saturated heterocycles. The number of carbonyl (C=O) groups is 3. The van der Waals surface area contributed by atoms with Gasteiger partial charge in [-0.2, -0.15) is 0 Å². The van der Waals surface area contributed by atoms with Crippen LogP contribution in [0.4, 0.5) is 11.5 Å². The number of rotatable bonds is 11. The Morgan fingerprint density at radius 1 is 1.05 bits per heavy atom. The van der Waals surface area contributed by atoms with Crippen LogP contribution in [0.2, 0.25) is 0 Å². The van der Waals surface area contributed by atoms with Crippen molar-refractivity contribution in [3.63, 3.8) is 0 Å². The van der Waals surface area contributed by atoms with Gasteiger partial charge in [0.2, 0.25) is 0 Å². The lowest BCUT2D eigenvalue weighted by atomic mass is 9.97. The average molecular weight is 599 g/mol. The monoisotopic (exact) mass is 598 g/mol. The first kappa shape index (κ1) is 31.9. The molecule has 2 heterocycles. The van der Waals surface area contributed by atoms with Gasteiger partial charge >= 0.3 is 0 Å². The highest BCUT2D eigenvalue weighted by molar-refractivity contribution is 7.14. The number of carbonyl (C=O) groups excluding carboxylic acids is 3. The van der Waals surface area contributed by atoms with E-state index in [0.29, 0.717) is 30.0 Å². The van der Waals surface area contributed by atoms with Crippen LogP contribution in [0.25, 0.3) is 5.57 Å². The number of aromatic nitrogens is 1. The SMILES string of the molecule is C/C=C(\C=C(\Nc1ccc(C(=O)N(C)CCC)cn1)C(=O)CC)c1cccc(NC(=O)c2cc3c(s2)CCCCC3)c1C. The molecular weight excluding hydrogens is 556 g/mol. The van der Waals surface area contributed by atoms with Crippen molar-refractivity contribution in [3.8, 4) is 0 Å². The summed E-state index contributed by atoms with van der Waals surface area (Å²) in [6.45, 7) is 8.42. The standard InChI is InChI=1S/C35H42N4O3S/c1-6-19-39(5)35(42)26-17-18-33(36-22-26)37-29(30(40)8-3)20-24(7-2)27-14-12-15-28(23(27)4)38-34(41)32-21-25-13-10-9-11-16-31(25)43-32/h7,12,14-15,17-18,20-22H,6,8-11,13,16,19H2,1-5H3,(H,36,37)(H,38,41)/b24-7+,29-20+. The Morgan fingerprint density at radius 3 is 2.53 bits per heavy atom. The Balaban J connectivity index is 1.55. The number of amides is 2. The van der Waals surface area contributed by atoms with Crippen LogP contribution < -0.4 is 10.6 Å². The quantitative estimate of drug-likeness (QED) is 0.133. The number of hydrogen-bond donors (Lipinski definition) is 2. The number of Topliss-reactive ketones (excluding diaryl/α,β-unsaturated/α-hetero) is 1. The maximum atomic E-state index is 13.3. The number of hydrogen-bond acceptors (Lipinski definition) is 6. The molecule has 2 aromatic heterocycles. The van der Waals surface area contributed by atoms with E-state index in [1.54, 1.807) is 35.4 Å². The number of anilines is 2. The number of ketones is 1. The Hall–Kier alpha value is -4.04. The first-order chi connectivity index (χ1) is 20.7. The molecule has 0 aliphatic heterocycles. The molecule has 226 valence electrons. The van der Waals surface area contributed by atoms with Crippen molar-refractivity contribution < 1.29 is 14.4 Å². The van der Waals surface area contributed by atoms with Crippen LogP contribution in [0.1, 0.15) is 94.5 Å². The summed E-state index contributed by atoms with van der Waals surface area (Å²) in [5.41, 5.74) is 5.63. The van der Waals surface area contributed by atoms with E-state index in [2.05, 4.69) is 21.7 Å². The number of fused-ring (bicyclic) bond motifs is 1. The number of aryl methyl sites for hydroxylation is 2. The predicted molar refractivity (Wildman–Crippen MR) is 177 cm³/mol. The fraction of sp³-hybridized carbons (Fsp3) is 0.371. The Bertz CT molecular complexity index is 1510. The van der Waals surface area contributed by atoms with Crippen LogP contribution in [0.5, 0.6) is 0 Å². The molecule has 1 aliphatic rings. The normalized spacial score (nSPS) is 13.6. The summed E-state index contributed by atoms with van der Waals surface area (Å²) < 4.78 is 0. The molecule has 0 atom stereocenters. The summed E-state index contributed by atoms with van der Waals surface area (Å²) in [7, 11) is 1.77. The highest BCUT2D eigenvalue weighted by atomic mass is 32.1. The van der Waals surface area contributed by atoms with Crippen LogP contribution >= 0.6 is 11.3 Å². The van der Waals surface area contributed by atoms with E-state index in [-0.39, 0.29) is 17.6 Å². The first-order valence-corrected chi connectivity index (χ1v) is 16.0. The van der Waals surface area contributed by atoms with E-state index in [9.17, 15) is 14.4 Å². The second-order valence-electron chi connectivity index (χ2n) is 10.9. The molecule has 7 nitrogen and oxygen atoms in total. The Morgan fingerprint density at radius 2 is 1.84 bits per heavy atom. The molecule has 43 heavy (non-hydrogen) atoms. The van der Waals surface area contributed by atoms with Gasteiger partial charge in [-0.15, -0.1) is 11.3 Å². The molecule has 1 aromatic carbocycles. The summed E-state index contributed by atoms with van der Waals surface area (Å²) in [6, 6.07) is 11.3. The molecule has 4 rings (SSSR count). The van der Waals surface area contributed by atoms with E-state index in [4.69, 9.17) is 0 Å². The van der Waals surface area contributed by atoms with Crippen molar-refractivity contribution in [2.45, 2.75) is 72.6 Å². The van der Waals surface area contributed by atoms with Gasteiger partial charge < -0.3 is 15.5 Å². The zero-order chi connectivity index (χ0) is 30.9. The lowest BCUT2D eigenvalue weighted by Crippen LogP contribution is -2.27. The highest BCUT2D eigenvalue weighted by Gasteiger charge is 2.19. The third-order valence-corrected chi connectivity index (χ3v) is 9.01.